The Balaban J connectivity index is 0.00000189. The highest BCUT2D eigenvalue weighted by Crippen LogP contribution is 2.29. The van der Waals surface area contributed by atoms with Crippen molar-refractivity contribution in [3.8, 4) is 17.2 Å². The number of amides is 2. The van der Waals surface area contributed by atoms with E-state index in [1.165, 1.54) is 6.20 Å². The van der Waals surface area contributed by atoms with Crippen molar-refractivity contribution >= 4 is 28.4 Å². The molecule has 1 fully saturated rings. The van der Waals surface area contributed by atoms with Gasteiger partial charge in [0, 0.05) is 37.0 Å². The molecule has 2 heterocycles. The zero-order valence-corrected chi connectivity index (χ0v) is 23.1. The Kier molecular flexibility index (Phi) is 9.46. The number of carbonyl (C=O) groups excluding carboxylic acids is 2. The second-order valence-corrected chi connectivity index (χ2v) is 9.14. The van der Waals surface area contributed by atoms with Gasteiger partial charge in [-0.1, -0.05) is 26.0 Å². The first-order chi connectivity index (χ1) is 19.8. The van der Waals surface area contributed by atoms with Gasteiger partial charge in [0.2, 0.25) is 0 Å². The largest absolute Gasteiger partial charge is 0.492 e. The standard InChI is InChI=1S/C29H26F2N4O4.C2H6/c1-32-28(37)25-4-2-3-20-15-22(9-10-24(20)25)39-23-11-12-33-26(16-23)34-27(36)19-5-7-21(8-6-19)38-14-13-35-17-29(30,31)18-35;1-2/h2-12,15-16H,13-14,17-18H2,1H3,(H,32,37)(H,33,34,36);1-2H3. The normalized spacial score (nSPS) is 13.8. The van der Waals surface area contributed by atoms with Gasteiger partial charge < -0.3 is 20.1 Å². The summed E-state index contributed by atoms with van der Waals surface area (Å²) in [6, 6.07) is 20.7. The van der Waals surface area contributed by atoms with Gasteiger partial charge in [0.15, 0.2) is 0 Å². The van der Waals surface area contributed by atoms with Crippen molar-refractivity contribution in [2.24, 2.45) is 0 Å². The second-order valence-electron chi connectivity index (χ2n) is 9.14. The van der Waals surface area contributed by atoms with Gasteiger partial charge in [-0.05, 0) is 65.4 Å². The van der Waals surface area contributed by atoms with Crippen LogP contribution in [0, 0.1) is 0 Å². The summed E-state index contributed by atoms with van der Waals surface area (Å²) in [4.78, 5) is 30.7. The van der Waals surface area contributed by atoms with Crippen molar-refractivity contribution in [1.29, 1.82) is 0 Å². The number of anilines is 1. The molecule has 0 saturated carbocycles. The van der Waals surface area contributed by atoms with Gasteiger partial charge in [0.05, 0.1) is 13.1 Å². The maximum Gasteiger partial charge on any atom is 0.272 e. The first-order valence-electron chi connectivity index (χ1n) is 13.3. The summed E-state index contributed by atoms with van der Waals surface area (Å²) in [6.07, 6.45) is 1.53. The molecule has 0 spiro atoms. The lowest BCUT2D eigenvalue weighted by molar-refractivity contribution is -0.132. The van der Waals surface area contributed by atoms with Gasteiger partial charge in [-0.2, -0.15) is 0 Å². The van der Waals surface area contributed by atoms with Gasteiger partial charge in [-0.25, -0.2) is 13.8 Å². The molecule has 3 aromatic carbocycles. The quantitative estimate of drug-likeness (QED) is 0.260. The monoisotopic (exact) mass is 562 g/mol. The molecule has 5 rings (SSSR count). The molecule has 41 heavy (non-hydrogen) atoms. The first kappa shape index (κ1) is 29.4. The minimum atomic E-state index is -2.59. The van der Waals surface area contributed by atoms with E-state index in [0.717, 1.165) is 10.8 Å². The number of ether oxygens (including phenoxy) is 2. The van der Waals surface area contributed by atoms with Crippen molar-refractivity contribution < 1.29 is 27.8 Å². The third-order valence-electron chi connectivity index (χ3n) is 6.23. The van der Waals surface area contributed by atoms with Crippen LogP contribution in [0.3, 0.4) is 0 Å². The topological polar surface area (TPSA) is 92.8 Å². The summed E-state index contributed by atoms with van der Waals surface area (Å²) in [5.74, 6) is -1.21. The molecule has 8 nitrogen and oxygen atoms in total. The van der Waals surface area contributed by atoms with Crippen LogP contribution in [-0.2, 0) is 0 Å². The molecular weight excluding hydrogens is 530 g/mol. The Hall–Kier alpha value is -4.57. The van der Waals surface area contributed by atoms with Gasteiger partial charge in [0.1, 0.15) is 29.7 Å². The predicted octanol–water partition coefficient (Wildman–Crippen LogP) is 5.99. The number of nitrogens with one attached hydrogen (secondary N) is 2. The molecule has 0 unspecified atom stereocenters. The summed E-state index contributed by atoms with van der Waals surface area (Å²) in [7, 11) is 1.59. The number of halogens is 2. The van der Waals surface area contributed by atoms with Crippen molar-refractivity contribution in [2.45, 2.75) is 19.8 Å². The summed E-state index contributed by atoms with van der Waals surface area (Å²) >= 11 is 0. The summed E-state index contributed by atoms with van der Waals surface area (Å²) in [5.41, 5.74) is 0.980. The van der Waals surface area contributed by atoms with Crippen LogP contribution in [0.2, 0.25) is 0 Å². The molecule has 214 valence electrons. The fraction of sp³-hybridized carbons (Fsp3) is 0.258. The van der Waals surface area contributed by atoms with E-state index in [1.807, 2.05) is 38.1 Å². The molecule has 2 N–H and O–H groups in total. The Morgan fingerprint density at radius 1 is 0.927 bits per heavy atom. The van der Waals surface area contributed by atoms with Gasteiger partial charge in [-0.3, -0.25) is 14.5 Å². The fourth-order valence-electron chi connectivity index (χ4n) is 4.29. The van der Waals surface area contributed by atoms with E-state index in [0.29, 0.717) is 40.7 Å². The third-order valence-corrected chi connectivity index (χ3v) is 6.23. The maximum atomic E-state index is 12.9. The van der Waals surface area contributed by atoms with Crippen LogP contribution in [0.4, 0.5) is 14.6 Å². The highest BCUT2D eigenvalue weighted by Gasteiger charge is 2.43. The number of carbonyl (C=O) groups is 2. The lowest BCUT2D eigenvalue weighted by Crippen LogP contribution is -2.56. The summed E-state index contributed by atoms with van der Waals surface area (Å²) < 4.78 is 37.3. The molecule has 0 radical (unpaired) electrons. The Labute approximate surface area is 237 Å². The minimum Gasteiger partial charge on any atom is -0.492 e. The second kappa shape index (κ2) is 13.2. The molecule has 0 aliphatic carbocycles. The summed E-state index contributed by atoms with van der Waals surface area (Å²) in [6.45, 7) is 4.22. The molecule has 1 aliphatic heterocycles. The van der Waals surface area contributed by atoms with Gasteiger partial charge in [-0.15, -0.1) is 0 Å². The Bertz CT molecular complexity index is 1500. The van der Waals surface area contributed by atoms with Crippen molar-refractivity contribution in [3.63, 3.8) is 0 Å². The molecule has 2 amide bonds. The highest BCUT2D eigenvalue weighted by atomic mass is 19.3. The van der Waals surface area contributed by atoms with Crippen LogP contribution >= 0.6 is 0 Å². The number of likely N-dealkylation sites (tertiary alicyclic amines) is 1. The number of nitrogens with zero attached hydrogens (tertiary/aromatic N) is 2. The number of hydrogen-bond acceptors (Lipinski definition) is 6. The van der Waals surface area contributed by atoms with Crippen LogP contribution in [0.5, 0.6) is 17.2 Å². The van der Waals surface area contributed by atoms with Crippen LogP contribution < -0.4 is 20.1 Å². The van der Waals surface area contributed by atoms with Gasteiger partial charge >= 0.3 is 0 Å². The Morgan fingerprint density at radius 2 is 1.63 bits per heavy atom. The lowest BCUT2D eigenvalue weighted by Gasteiger charge is -2.38. The van der Waals surface area contributed by atoms with Crippen LogP contribution in [0.1, 0.15) is 34.6 Å². The molecule has 1 aliphatic rings. The fourth-order valence-corrected chi connectivity index (χ4v) is 4.29. The third kappa shape index (κ3) is 7.55. The number of pyridine rings is 1. The van der Waals surface area contributed by atoms with E-state index in [9.17, 15) is 18.4 Å². The van der Waals surface area contributed by atoms with E-state index in [4.69, 9.17) is 9.47 Å². The average Bonchev–Trinajstić information content (AvgIpc) is 2.97. The zero-order valence-electron chi connectivity index (χ0n) is 23.1. The van der Waals surface area contributed by atoms with Crippen LogP contribution in [0.15, 0.2) is 79.0 Å². The average molecular weight is 563 g/mol. The molecule has 1 aromatic heterocycles. The van der Waals surface area contributed by atoms with Crippen molar-refractivity contribution in [2.75, 3.05) is 38.6 Å². The lowest BCUT2D eigenvalue weighted by atomic mass is 10.0. The van der Waals surface area contributed by atoms with E-state index in [1.54, 1.807) is 60.5 Å². The predicted molar refractivity (Wildman–Crippen MR) is 154 cm³/mol. The molecular formula is C31H32F2N4O4. The van der Waals surface area contributed by atoms with E-state index in [-0.39, 0.29) is 31.5 Å². The molecule has 0 bridgehead atoms. The van der Waals surface area contributed by atoms with E-state index >= 15 is 0 Å². The number of benzene rings is 3. The number of alkyl halides is 2. The number of hydrogen-bond donors (Lipinski definition) is 2. The molecule has 4 aromatic rings. The molecule has 10 heteroatoms. The maximum absolute atomic E-state index is 12.9. The van der Waals surface area contributed by atoms with Crippen molar-refractivity contribution in [1.82, 2.24) is 15.2 Å². The van der Waals surface area contributed by atoms with Crippen molar-refractivity contribution in [3.05, 3.63) is 90.1 Å². The number of fused-ring (bicyclic) bond motifs is 1. The van der Waals surface area contributed by atoms with Crippen LogP contribution in [-0.4, -0.2) is 60.9 Å². The first-order valence-corrected chi connectivity index (χ1v) is 13.3. The Morgan fingerprint density at radius 3 is 2.34 bits per heavy atom. The summed E-state index contributed by atoms with van der Waals surface area (Å²) in [5, 5.41) is 7.05. The SMILES string of the molecule is CC.CNC(=O)c1cccc2cc(Oc3ccnc(NC(=O)c4ccc(OCCN5CC(F)(F)C5)cc4)c3)ccc12. The number of rotatable bonds is 9. The van der Waals surface area contributed by atoms with Crippen LogP contribution in [0.25, 0.3) is 10.8 Å². The van der Waals surface area contributed by atoms with E-state index < -0.39 is 5.92 Å². The smallest absolute Gasteiger partial charge is 0.272 e. The van der Waals surface area contributed by atoms with Gasteiger partial charge in [0.25, 0.3) is 17.7 Å². The minimum absolute atomic E-state index is 0.164. The molecule has 0 atom stereocenters. The zero-order chi connectivity index (χ0) is 29.4. The number of aromatic nitrogens is 1. The highest BCUT2D eigenvalue weighted by molar-refractivity contribution is 6.07. The molecule has 1 saturated heterocycles. The van der Waals surface area contributed by atoms with E-state index in [2.05, 4.69) is 15.6 Å².